The van der Waals surface area contributed by atoms with Crippen molar-refractivity contribution in [3.05, 3.63) is 106 Å². The molecule has 1 aliphatic carbocycles. The number of fused-ring (bicyclic) bond motifs is 1. The van der Waals surface area contributed by atoms with E-state index in [2.05, 4.69) is 18.2 Å². The maximum Gasteiger partial charge on any atom is 0.338 e. The molecule has 36 heavy (non-hydrogen) atoms. The number of hydrogen-bond acceptors (Lipinski definition) is 5. The first-order valence-corrected chi connectivity index (χ1v) is 12.3. The van der Waals surface area contributed by atoms with Crippen LogP contribution in [0.3, 0.4) is 0 Å². The van der Waals surface area contributed by atoms with Crippen molar-refractivity contribution >= 4 is 41.0 Å². The van der Waals surface area contributed by atoms with E-state index in [0.717, 1.165) is 41.7 Å². The number of nitrogens with zero attached hydrogens (tertiary/aromatic N) is 2. The lowest BCUT2D eigenvalue weighted by Crippen LogP contribution is -2.34. The van der Waals surface area contributed by atoms with Crippen LogP contribution in [-0.4, -0.2) is 29.2 Å². The molecular weight excluding hydrogens is 474 g/mol. The van der Waals surface area contributed by atoms with Crippen molar-refractivity contribution < 1.29 is 14.3 Å². The minimum atomic E-state index is -0.642. The second-order valence-electron chi connectivity index (χ2n) is 8.97. The van der Waals surface area contributed by atoms with Crippen LogP contribution in [0.1, 0.15) is 46.8 Å². The number of nitrogen functional groups attached to an aromatic ring is 1. The first-order chi connectivity index (χ1) is 17.5. The fraction of sp³-hybridized carbons (Fsp3) is 0.207. The maximum absolute atomic E-state index is 13.4. The van der Waals surface area contributed by atoms with Gasteiger partial charge in [0.05, 0.1) is 28.0 Å². The molecule has 2 aliphatic rings. The molecule has 3 aromatic carbocycles. The molecule has 1 saturated carbocycles. The Kier molecular flexibility index (Phi) is 6.87. The van der Waals surface area contributed by atoms with Gasteiger partial charge in [-0.2, -0.15) is 5.10 Å². The Bertz CT molecular complexity index is 1340. The summed E-state index contributed by atoms with van der Waals surface area (Å²) in [6, 6.07) is 24.3. The molecule has 1 heterocycles. The number of anilines is 1. The summed E-state index contributed by atoms with van der Waals surface area (Å²) < 4.78 is 5.34. The van der Waals surface area contributed by atoms with Crippen molar-refractivity contribution in [2.75, 3.05) is 12.3 Å². The van der Waals surface area contributed by atoms with Crippen LogP contribution >= 0.6 is 11.6 Å². The van der Waals surface area contributed by atoms with Crippen molar-refractivity contribution in [1.82, 2.24) is 5.01 Å². The van der Waals surface area contributed by atoms with Crippen molar-refractivity contribution in [1.29, 1.82) is 0 Å². The Labute approximate surface area is 215 Å². The third-order valence-corrected chi connectivity index (χ3v) is 6.94. The monoisotopic (exact) mass is 499 g/mol. The van der Waals surface area contributed by atoms with E-state index in [1.165, 1.54) is 23.2 Å². The highest BCUT2D eigenvalue weighted by Crippen LogP contribution is 2.44. The number of halogens is 1. The Balaban J connectivity index is 1.41. The summed E-state index contributed by atoms with van der Waals surface area (Å²) in [6.45, 7) is -0.425. The van der Waals surface area contributed by atoms with Crippen LogP contribution < -0.4 is 5.73 Å². The highest BCUT2D eigenvalue weighted by molar-refractivity contribution is 6.33. The van der Waals surface area contributed by atoms with Gasteiger partial charge in [-0.3, -0.25) is 4.79 Å². The van der Waals surface area contributed by atoms with Gasteiger partial charge in [-0.05, 0) is 60.2 Å². The van der Waals surface area contributed by atoms with E-state index in [9.17, 15) is 9.59 Å². The topological polar surface area (TPSA) is 85.0 Å². The van der Waals surface area contributed by atoms with Crippen molar-refractivity contribution in [3.63, 3.8) is 0 Å². The number of hydrazone groups is 1. The predicted octanol–water partition coefficient (Wildman–Crippen LogP) is 5.90. The molecule has 1 fully saturated rings. The lowest BCUT2D eigenvalue weighted by Gasteiger charge is -2.29. The summed E-state index contributed by atoms with van der Waals surface area (Å²) >= 11 is 5.94. The van der Waals surface area contributed by atoms with Crippen LogP contribution in [0.2, 0.25) is 5.02 Å². The molecule has 6 nitrogen and oxygen atoms in total. The predicted molar refractivity (Wildman–Crippen MR) is 141 cm³/mol. The number of carbonyl (C=O) groups excluding carboxylic acids is 2. The van der Waals surface area contributed by atoms with Crippen LogP contribution in [-0.2, 0) is 9.53 Å². The molecule has 2 N–H and O–H groups in total. The number of allylic oxidation sites excluding steroid dienone is 1. The third kappa shape index (κ3) is 4.90. The second kappa shape index (κ2) is 10.4. The van der Waals surface area contributed by atoms with E-state index < -0.39 is 12.6 Å². The number of carbonyl (C=O) groups is 2. The largest absolute Gasteiger partial charge is 0.452 e. The number of amides is 1. The minimum absolute atomic E-state index is 0.0758. The van der Waals surface area contributed by atoms with Gasteiger partial charge in [0.2, 0.25) is 0 Å². The quantitative estimate of drug-likeness (QED) is 0.349. The molecule has 0 saturated heterocycles. The molecule has 0 spiro atoms. The summed E-state index contributed by atoms with van der Waals surface area (Å²) in [5.41, 5.74) is 10.5. The number of benzene rings is 3. The zero-order chi connectivity index (χ0) is 25.1. The fourth-order valence-corrected chi connectivity index (χ4v) is 5.01. The average Bonchev–Trinajstić information content (AvgIpc) is 3.30. The van der Waals surface area contributed by atoms with Crippen LogP contribution in [0.15, 0.2) is 89.5 Å². The molecule has 0 aromatic heterocycles. The van der Waals surface area contributed by atoms with Gasteiger partial charge in [0.1, 0.15) is 0 Å². The molecule has 182 valence electrons. The molecule has 5 rings (SSSR count). The normalized spacial score (nSPS) is 20.1. The van der Waals surface area contributed by atoms with Gasteiger partial charge in [0.15, 0.2) is 6.61 Å². The van der Waals surface area contributed by atoms with Crippen molar-refractivity contribution in [2.45, 2.75) is 25.3 Å². The molecule has 0 bridgehead atoms. The molecule has 1 aliphatic heterocycles. The van der Waals surface area contributed by atoms with E-state index in [-0.39, 0.29) is 29.1 Å². The van der Waals surface area contributed by atoms with Gasteiger partial charge in [-0.15, -0.1) is 0 Å². The lowest BCUT2D eigenvalue weighted by molar-refractivity contribution is -0.137. The van der Waals surface area contributed by atoms with E-state index in [1.807, 2.05) is 48.5 Å². The summed E-state index contributed by atoms with van der Waals surface area (Å²) in [6.07, 6.45) is 5.01. The smallest absolute Gasteiger partial charge is 0.338 e. The summed E-state index contributed by atoms with van der Waals surface area (Å²) in [5.74, 6) is -0.941. The molecule has 2 unspecified atom stereocenters. The Morgan fingerprint density at radius 3 is 2.50 bits per heavy atom. The van der Waals surface area contributed by atoms with Crippen molar-refractivity contribution in [3.8, 4) is 0 Å². The van der Waals surface area contributed by atoms with Crippen LogP contribution in [0.25, 0.3) is 6.08 Å². The number of nitrogens with two attached hydrogens (primary N) is 1. The highest BCUT2D eigenvalue weighted by atomic mass is 35.5. The van der Waals surface area contributed by atoms with Gasteiger partial charge >= 0.3 is 5.97 Å². The molecule has 3 aromatic rings. The number of rotatable bonds is 5. The Morgan fingerprint density at radius 2 is 1.78 bits per heavy atom. The first-order valence-electron chi connectivity index (χ1n) is 11.9. The van der Waals surface area contributed by atoms with E-state index >= 15 is 0 Å². The average molecular weight is 500 g/mol. The molecule has 0 radical (unpaired) electrons. The summed E-state index contributed by atoms with van der Waals surface area (Å²) in [5, 5.41) is 6.68. The van der Waals surface area contributed by atoms with Gasteiger partial charge in [-0.25, -0.2) is 9.80 Å². The first kappa shape index (κ1) is 23.8. The number of esters is 1. The van der Waals surface area contributed by atoms with Gasteiger partial charge < -0.3 is 10.5 Å². The van der Waals surface area contributed by atoms with Crippen LogP contribution in [0.4, 0.5) is 5.69 Å². The van der Waals surface area contributed by atoms with Crippen molar-refractivity contribution in [2.24, 2.45) is 11.0 Å². The Hall–Kier alpha value is -3.90. The van der Waals surface area contributed by atoms with Gasteiger partial charge in [-0.1, -0.05) is 72.3 Å². The molecule has 1 amide bonds. The second-order valence-corrected chi connectivity index (χ2v) is 9.38. The third-order valence-electron chi connectivity index (χ3n) is 6.60. The molecular formula is C29H26ClN3O3. The van der Waals surface area contributed by atoms with Gasteiger partial charge in [0, 0.05) is 5.92 Å². The fourth-order valence-electron chi connectivity index (χ4n) is 4.89. The standard InChI is InChI=1S/C29H26ClN3O3/c30-24-15-14-22(17-25(24)31)29(35)36-18-26(34)33-28(20-10-5-2-6-11-20)23-13-7-12-21(27(23)32-33)16-19-8-3-1-4-9-19/h1-6,8-11,14-17,23,28H,7,12-13,18,31H2. The summed E-state index contributed by atoms with van der Waals surface area (Å²) in [7, 11) is 0. The van der Waals surface area contributed by atoms with Crippen LogP contribution in [0.5, 0.6) is 0 Å². The maximum atomic E-state index is 13.4. The molecule has 2 atom stereocenters. The van der Waals surface area contributed by atoms with E-state index in [4.69, 9.17) is 27.2 Å². The van der Waals surface area contributed by atoms with E-state index in [0.29, 0.717) is 5.02 Å². The number of hydrogen-bond donors (Lipinski definition) is 1. The minimum Gasteiger partial charge on any atom is -0.452 e. The lowest BCUT2D eigenvalue weighted by atomic mass is 9.77. The van der Waals surface area contributed by atoms with E-state index in [1.54, 1.807) is 0 Å². The number of ether oxygens (including phenoxy) is 1. The zero-order valence-electron chi connectivity index (χ0n) is 19.6. The summed E-state index contributed by atoms with van der Waals surface area (Å²) in [4.78, 5) is 25.9. The van der Waals surface area contributed by atoms with Crippen LogP contribution in [0, 0.1) is 5.92 Å². The SMILES string of the molecule is Nc1cc(C(=O)OCC(=O)N2N=C3C(=Cc4ccccc4)CCCC3C2c2ccccc2)ccc1Cl. The molecule has 7 heteroatoms. The highest BCUT2D eigenvalue weighted by Gasteiger charge is 2.43. The van der Waals surface area contributed by atoms with Gasteiger partial charge in [0.25, 0.3) is 5.91 Å². The zero-order valence-corrected chi connectivity index (χ0v) is 20.4. The Morgan fingerprint density at radius 1 is 1.06 bits per heavy atom.